The van der Waals surface area contributed by atoms with Crippen LogP contribution in [0.3, 0.4) is 0 Å². The van der Waals surface area contributed by atoms with Crippen molar-refractivity contribution in [3.05, 3.63) is 24.0 Å². The van der Waals surface area contributed by atoms with Crippen LogP contribution in [0.2, 0.25) is 0 Å². The van der Waals surface area contributed by atoms with Gasteiger partial charge in [-0.1, -0.05) is 0 Å². The van der Waals surface area contributed by atoms with Crippen LogP contribution in [0.4, 0.5) is 5.69 Å². The van der Waals surface area contributed by atoms with Gasteiger partial charge in [0.2, 0.25) is 0 Å². The summed E-state index contributed by atoms with van der Waals surface area (Å²) in [6.07, 6.45) is 8.14. The van der Waals surface area contributed by atoms with E-state index in [9.17, 15) is 0 Å². The van der Waals surface area contributed by atoms with E-state index >= 15 is 0 Å². The molecule has 3 rings (SSSR count). The van der Waals surface area contributed by atoms with Gasteiger partial charge in [0.25, 0.3) is 0 Å². The van der Waals surface area contributed by atoms with Gasteiger partial charge in [-0.15, -0.1) is 0 Å². The van der Waals surface area contributed by atoms with Crippen molar-refractivity contribution < 1.29 is 0 Å². The third-order valence-corrected chi connectivity index (χ3v) is 3.96. The maximum atomic E-state index is 4.23. The molecule has 1 aliphatic heterocycles. The number of anilines is 1. The summed E-state index contributed by atoms with van der Waals surface area (Å²) in [7, 11) is 1.99. The third kappa shape index (κ3) is 1.59. The van der Waals surface area contributed by atoms with Gasteiger partial charge in [0.15, 0.2) is 0 Å². The summed E-state index contributed by atoms with van der Waals surface area (Å²) in [5.41, 5.74) is 2.73. The Labute approximate surface area is 96.9 Å². The van der Waals surface area contributed by atoms with E-state index in [1.54, 1.807) is 0 Å². The largest absolute Gasteiger partial charge is 0.368 e. The normalized spacial score (nSPS) is 27.7. The molecule has 1 N–H and O–H groups in total. The van der Waals surface area contributed by atoms with E-state index in [1.807, 2.05) is 19.4 Å². The predicted octanol–water partition coefficient (Wildman–Crippen LogP) is 1.79. The number of pyridine rings is 1. The average molecular weight is 217 g/mol. The van der Waals surface area contributed by atoms with Gasteiger partial charge in [-0.05, 0) is 38.3 Å². The molecule has 1 aromatic heterocycles. The Kier molecular flexibility index (Phi) is 2.56. The maximum absolute atomic E-state index is 4.23. The first-order chi connectivity index (χ1) is 7.88. The van der Waals surface area contributed by atoms with Crippen LogP contribution in [0, 0.1) is 5.92 Å². The molecular formula is C13H19N3. The second-order valence-corrected chi connectivity index (χ2v) is 5.02. The number of piperidine rings is 1. The van der Waals surface area contributed by atoms with Crippen molar-refractivity contribution in [2.24, 2.45) is 5.92 Å². The van der Waals surface area contributed by atoms with E-state index in [0.29, 0.717) is 0 Å². The lowest BCUT2D eigenvalue weighted by atomic mass is 10.1. The highest BCUT2D eigenvalue weighted by atomic mass is 15.2. The molecule has 3 heteroatoms. The zero-order chi connectivity index (χ0) is 11.0. The lowest BCUT2D eigenvalue weighted by Gasteiger charge is -2.30. The first-order valence-electron chi connectivity index (χ1n) is 6.22. The Hall–Kier alpha value is -1.09. The van der Waals surface area contributed by atoms with Gasteiger partial charge in [-0.3, -0.25) is 4.98 Å². The molecule has 0 amide bonds. The van der Waals surface area contributed by atoms with E-state index in [0.717, 1.165) is 18.5 Å². The molecule has 0 radical (unpaired) electrons. The Bertz CT molecular complexity index is 377. The topological polar surface area (TPSA) is 28.2 Å². The van der Waals surface area contributed by atoms with E-state index in [2.05, 4.69) is 21.3 Å². The highest BCUT2D eigenvalue weighted by molar-refractivity contribution is 5.54. The monoisotopic (exact) mass is 217 g/mol. The van der Waals surface area contributed by atoms with Gasteiger partial charge in [-0.25, -0.2) is 0 Å². The fraction of sp³-hybridized carbons (Fsp3) is 0.615. The van der Waals surface area contributed by atoms with Crippen molar-refractivity contribution in [2.45, 2.75) is 31.8 Å². The third-order valence-electron chi connectivity index (χ3n) is 3.96. The molecule has 2 aliphatic rings. The van der Waals surface area contributed by atoms with E-state index in [-0.39, 0.29) is 0 Å². The van der Waals surface area contributed by atoms with Crippen molar-refractivity contribution in [2.75, 3.05) is 18.5 Å². The molecule has 2 unspecified atom stereocenters. The first kappa shape index (κ1) is 10.1. The van der Waals surface area contributed by atoms with Crippen LogP contribution in [-0.2, 0) is 6.54 Å². The minimum absolute atomic E-state index is 0.794. The van der Waals surface area contributed by atoms with Gasteiger partial charge in [0, 0.05) is 42.8 Å². The van der Waals surface area contributed by atoms with Crippen LogP contribution in [0.5, 0.6) is 0 Å². The zero-order valence-electron chi connectivity index (χ0n) is 9.82. The molecule has 0 aromatic carbocycles. The quantitative estimate of drug-likeness (QED) is 0.836. The van der Waals surface area contributed by atoms with E-state index < -0.39 is 0 Å². The van der Waals surface area contributed by atoms with Gasteiger partial charge in [0.1, 0.15) is 0 Å². The van der Waals surface area contributed by atoms with Gasteiger partial charge >= 0.3 is 0 Å². The molecule has 0 spiro atoms. The van der Waals surface area contributed by atoms with Crippen LogP contribution < -0.4 is 10.2 Å². The molecule has 2 bridgehead atoms. The summed E-state index contributed by atoms with van der Waals surface area (Å²) in [4.78, 5) is 6.83. The second kappa shape index (κ2) is 4.06. The maximum Gasteiger partial charge on any atom is 0.0445 e. The number of nitrogens with zero attached hydrogens (tertiary/aromatic N) is 2. The number of hydrogen-bond donors (Lipinski definition) is 1. The lowest BCUT2D eigenvalue weighted by Crippen LogP contribution is -2.33. The van der Waals surface area contributed by atoms with Crippen LogP contribution in [0.25, 0.3) is 0 Å². The summed E-state index contributed by atoms with van der Waals surface area (Å²) in [5.74, 6) is 0.945. The summed E-state index contributed by atoms with van der Waals surface area (Å²) >= 11 is 0. The van der Waals surface area contributed by atoms with E-state index in [1.165, 1.54) is 37.1 Å². The Morgan fingerprint density at radius 2 is 2.44 bits per heavy atom. The average Bonchev–Trinajstić information content (AvgIpc) is 2.92. The van der Waals surface area contributed by atoms with Crippen LogP contribution in [-0.4, -0.2) is 24.6 Å². The summed E-state index contributed by atoms with van der Waals surface area (Å²) in [6, 6.07) is 2.97. The van der Waals surface area contributed by atoms with Gasteiger partial charge in [-0.2, -0.15) is 0 Å². The molecule has 1 aliphatic carbocycles. The fourth-order valence-corrected chi connectivity index (χ4v) is 3.25. The van der Waals surface area contributed by atoms with Gasteiger partial charge < -0.3 is 10.2 Å². The molecule has 2 heterocycles. The second-order valence-electron chi connectivity index (χ2n) is 5.02. The van der Waals surface area contributed by atoms with E-state index in [4.69, 9.17) is 0 Å². The molecule has 1 saturated carbocycles. The van der Waals surface area contributed by atoms with Gasteiger partial charge in [0.05, 0.1) is 0 Å². The molecule has 1 saturated heterocycles. The number of aromatic nitrogens is 1. The van der Waals surface area contributed by atoms with Crippen molar-refractivity contribution >= 4 is 5.69 Å². The minimum atomic E-state index is 0.794. The molecule has 3 nitrogen and oxygen atoms in total. The highest BCUT2D eigenvalue weighted by Crippen LogP contribution is 2.40. The highest BCUT2D eigenvalue weighted by Gasteiger charge is 2.38. The molecule has 1 aromatic rings. The zero-order valence-corrected chi connectivity index (χ0v) is 9.82. The molecule has 86 valence electrons. The molecular weight excluding hydrogens is 198 g/mol. The fourth-order valence-electron chi connectivity index (χ4n) is 3.25. The molecule has 2 fully saturated rings. The summed E-state index contributed by atoms with van der Waals surface area (Å²) in [6.45, 7) is 2.17. The minimum Gasteiger partial charge on any atom is -0.368 e. The standard InChI is InChI=1S/C13H19N3/c1-14-7-11-8-15-5-4-13(11)16-9-10-2-3-12(16)6-10/h4-5,8,10,12,14H,2-3,6-7,9H2,1H3. The van der Waals surface area contributed by atoms with Crippen molar-refractivity contribution in [3.63, 3.8) is 0 Å². The SMILES string of the molecule is CNCc1cnccc1N1CC2CCC1C2. The number of rotatable bonds is 3. The summed E-state index contributed by atoms with van der Waals surface area (Å²) in [5, 5.41) is 3.23. The first-order valence-corrected chi connectivity index (χ1v) is 6.22. The number of fused-ring (bicyclic) bond motifs is 2. The van der Waals surface area contributed by atoms with Crippen LogP contribution in [0.15, 0.2) is 18.5 Å². The number of nitrogens with one attached hydrogen (secondary N) is 1. The Morgan fingerprint density at radius 3 is 3.12 bits per heavy atom. The van der Waals surface area contributed by atoms with Crippen molar-refractivity contribution in [1.29, 1.82) is 0 Å². The molecule has 16 heavy (non-hydrogen) atoms. The van der Waals surface area contributed by atoms with Crippen molar-refractivity contribution in [3.8, 4) is 0 Å². The summed E-state index contributed by atoms with van der Waals surface area (Å²) < 4.78 is 0. The Balaban J connectivity index is 1.88. The lowest BCUT2D eigenvalue weighted by molar-refractivity contribution is 0.552. The van der Waals surface area contributed by atoms with Crippen LogP contribution in [0.1, 0.15) is 24.8 Å². The van der Waals surface area contributed by atoms with Crippen LogP contribution >= 0.6 is 0 Å². The van der Waals surface area contributed by atoms with Crippen molar-refractivity contribution in [1.82, 2.24) is 10.3 Å². The Morgan fingerprint density at radius 1 is 1.50 bits per heavy atom. The smallest absolute Gasteiger partial charge is 0.0445 e. The predicted molar refractivity (Wildman–Crippen MR) is 65.5 cm³/mol. The number of hydrogen-bond acceptors (Lipinski definition) is 3. The molecule has 2 atom stereocenters.